The first-order valence-corrected chi connectivity index (χ1v) is 7.47. The van der Waals surface area contributed by atoms with Crippen LogP contribution in [0.15, 0.2) is 23.1 Å². The molecule has 0 atom stereocenters. The van der Waals surface area contributed by atoms with Crippen LogP contribution in [-0.2, 0) is 16.1 Å². The topological polar surface area (TPSA) is 46.5 Å². The predicted octanol–water partition coefficient (Wildman–Crippen LogP) is 2.92. The van der Waals surface area contributed by atoms with Gasteiger partial charge < -0.3 is 9.84 Å². The Bertz CT molecular complexity index is 466. The summed E-state index contributed by atoms with van der Waals surface area (Å²) >= 11 is 1.73. The summed E-state index contributed by atoms with van der Waals surface area (Å²) in [6.07, 6.45) is 2.70. The molecule has 1 aromatic carbocycles. The van der Waals surface area contributed by atoms with E-state index in [4.69, 9.17) is 4.74 Å². The first kappa shape index (κ1) is 14.4. The number of methoxy groups -OCH3 is 1. The molecule has 0 spiro atoms. The Morgan fingerprint density at radius 3 is 2.79 bits per heavy atom. The van der Waals surface area contributed by atoms with Gasteiger partial charge in [0.15, 0.2) is 0 Å². The number of benzene rings is 1. The Morgan fingerprint density at radius 2 is 2.21 bits per heavy atom. The summed E-state index contributed by atoms with van der Waals surface area (Å²) in [6.45, 7) is 2.08. The van der Waals surface area contributed by atoms with Gasteiger partial charge in [0.2, 0.25) is 0 Å². The minimum absolute atomic E-state index is 0.0635. The van der Waals surface area contributed by atoms with Crippen molar-refractivity contribution in [1.82, 2.24) is 0 Å². The van der Waals surface area contributed by atoms with Crippen LogP contribution in [0.25, 0.3) is 0 Å². The molecule has 1 aliphatic rings. The average Bonchev–Trinajstić information content (AvgIpc) is 3.17. The molecule has 1 saturated carbocycles. The van der Waals surface area contributed by atoms with Crippen LogP contribution in [0.2, 0.25) is 0 Å². The quantitative estimate of drug-likeness (QED) is 0.643. The lowest BCUT2D eigenvalue weighted by Gasteiger charge is -2.14. The molecule has 4 heteroatoms. The van der Waals surface area contributed by atoms with Crippen LogP contribution >= 0.6 is 11.8 Å². The first-order chi connectivity index (χ1) is 9.08. The number of aliphatic hydroxyl groups is 1. The van der Waals surface area contributed by atoms with Crippen LogP contribution in [0.1, 0.15) is 30.4 Å². The second kappa shape index (κ2) is 5.97. The largest absolute Gasteiger partial charge is 0.469 e. The smallest absolute Gasteiger partial charge is 0.306 e. The number of ether oxygens (including phenoxy) is 1. The number of aliphatic hydroxyl groups excluding tert-OH is 1. The summed E-state index contributed by atoms with van der Waals surface area (Å²) in [5.41, 5.74) is 2.25. The molecule has 0 aromatic heterocycles. The Labute approximate surface area is 118 Å². The van der Waals surface area contributed by atoms with Crippen molar-refractivity contribution in [3.05, 3.63) is 29.3 Å². The lowest BCUT2D eigenvalue weighted by molar-refractivity contribution is -0.141. The van der Waals surface area contributed by atoms with Crippen LogP contribution in [0, 0.1) is 12.3 Å². The van der Waals surface area contributed by atoms with Gasteiger partial charge in [-0.2, -0.15) is 0 Å². The van der Waals surface area contributed by atoms with Crippen molar-refractivity contribution in [2.75, 3.05) is 12.9 Å². The maximum atomic E-state index is 11.4. The van der Waals surface area contributed by atoms with Crippen LogP contribution < -0.4 is 0 Å². The van der Waals surface area contributed by atoms with E-state index in [0.29, 0.717) is 6.42 Å². The summed E-state index contributed by atoms with van der Waals surface area (Å²) in [5.74, 6) is 0.794. The van der Waals surface area contributed by atoms with Gasteiger partial charge in [-0.25, -0.2) is 0 Å². The third-order valence-electron chi connectivity index (χ3n) is 3.62. The molecule has 0 aliphatic heterocycles. The molecule has 104 valence electrons. The van der Waals surface area contributed by atoms with Crippen molar-refractivity contribution in [1.29, 1.82) is 0 Å². The van der Waals surface area contributed by atoms with Crippen LogP contribution in [0.5, 0.6) is 0 Å². The first-order valence-electron chi connectivity index (χ1n) is 6.48. The van der Waals surface area contributed by atoms with Crippen molar-refractivity contribution in [3.8, 4) is 0 Å². The number of carbonyl (C=O) groups excluding carboxylic acids is 1. The van der Waals surface area contributed by atoms with Gasteiger partial charge in [0.1, 0.15) is 0 Å². The van der Waals surface area contributed by atoms with Crippen molar-refractivity contribution in [2.45, 2.75) is 37.7 Å². The molecular formula is C15H20O3S. The van der Waals surface area contributed by atoms with E-state index < -0.39 is 0 Å². The Morgan fingerprint density at radius 1 is 1.47 bits per heavy atom. The maximum absolute atomic E-state index is 11.4. The highest BCUT2D eigenvalue weighted by atomic mass is 32.2. The molecule has 1 fully saturated rings. The fourth-order valence-corrected chi connectivity index (χ4v) is 3.46. The van der Waals surface area contributed by atoms with Crippen molar-refractivity contribution >= 4 is 17.7 Å². The monoisotopic (exact) mass is 280 g/mol. The molecule has 0 amide bonds. The van der Waals surface area contributed by atoms with E-state index >= 15 is 0 Å². The zero-order chi connectivity index (χ0) is 13.9. The average molecular weight is 280 g/mol. The molecule has 0 radical (unpaired) electrons. The van der Waals surface area contributed by atoms with Crippen LogP contribution in [-0.4, -0.2) is 23.9 Å². The predicted molar refractivity (Wildman–Crippen MR) is 76.1 cm³/mol. The summed E-state index contributed by atoms with van der Waals surface area (Å²) in [4.78, 5) is 12.5. The number of hydrogen-bond donors (Lipinski definition) is 1. The standard InChI is InChI=1S/C15H20O3S/c1-11-3-4-13(12(7-11)9-16)19-10-15(5-6-15)8-14(17)18-2/h3-4,7,16H,5-6,8-10H2,1-2H3. The molecular weight excluding hydrogens is 260 g/mol. The second-order valence-electron chi connectivity index (χ2n) is 5.31. The van der Waals surface area contributed by atoms with Gasteiger partial charge in [-0.3, -0.25) is 4.79 Å². The Kier molecular flexibility index (Phi) is 4.53. The number of rotatable bonds is 6. The highest BCUT2D eigenvalue weighted by molar-refractivity contribution is 7.99. The van der Waals surface area contributed by atoms with E-state index in [2.05, 4.69) is 12.1 Å². The number of aryl methyl sites for hydroxylation is 1. The highest BCUT2D eigenvalue weighted by Crippen LogP contribution is 2.52. The van der Waals surface area contributed by atoms with Gasteiger partial charge in [-0.05, 0) is 36.8 Å². The van der Waals surface area contributed by atoms with E-state index in [1.807, 2.05) is 13.0 Å². The van der Waals surface area contributed by atoms with Gasteiger partial charge in [0.05, 0.1) is 20.1 Å². The minimum Gasteiger partial charge on any atom is -0.469 e. The van der Waals surface area contributed by atoms with E-state index in [1.54, 1.807) is 11.8 Å². The molecule has 1 aliphatic carbocycles. The summed E-state index contributed by atoms with van der Waals surface area (Å²) in [7, 11) is 1.44. The molecule has 2 rings (SSSR count). The maximum Gasteiger partial charge on any atom is 0.306 e. The molecule has 0 bridgehead atoms. The zero-order valence-corrected chi connectivity index (χ0v) is 12.3. The summed E-state index contributed by atoms with van der Waals surface area (Å²) in [6, 6.07) is 6.13. The van der Waals surface area contributed by atoms with Gasteiger partial charge in [-0.1, -0.05) is 17.7 Å². The molecule has 1 N–H and O–H groups in total. The molecule has 0 saturated heterocycles. The van der Waals surface area contributed by atoms with Gasteiger partial charge >= 0.3 is 5.97 Å². The second-order valence-corrected chi connectivity index (χ2v) is 6.33. The third kappa shape index (κ3) is 3.74. The minimum atomic E-state index is -0.121. The van der Waals surface area contributed by atoms with Gasteiger partial charge in [-0.15, -0.1) is 11.8 Å². The van der Waals surface area contributed by atoms with Crippen LogP contribution in [0.3, 0.4) is 0 Å². The SMILES string of the molecule is COC(=O)CC1(CSc2ccc(C)cc2CO)CC1. The number of hydrogen-bond acceptors (Lipinski definition) is 4. The lowest BCUT2D eigenvalue weighted by atomic mass is 10.1. The normalized spacial score (nSPS) is 16.2. The van der Waals surface area contributed by atoms with E-state index in [0.717, 1.165) is 34.6 Å². The zero-order valence-electron chi connectivity index (χ0n) is 11.4. The Hall–Kier alpha value is -1.00. The summed E-state index contributed by atoms with van der Waals surface area (Å²) < 4.78 is 4.75. The Balaban J connectivity index is 1.97. The third-order valence-corrected chi connectivity index (χ3v) is 5.09. The van der Waals surface area contributed by atoms with Crippen molar-refractivity contribution < 1.29 is 14.6 Å². The van der Waals surface area contributed by atoms with Crippen LogP contribution in [0.4, 0.5) is 0 Å². The van der Waals surface area contributed by atoms with E-state index in [9.17, 15) is 9.90 Å². The lowest BCUT2D eigenvalue weighted by Crippen LogP contribution is -2.13. The molecule has 19 heavy (non-hydrogen) atoms. The van der Waals surface area contributed by atoms with Gasteiger partial charge in [0.25, 0.3) is 0 Å². The van der Waals surface area contributed by atoms with Gasteiger partial charge in [0, 0.05) is 10.6 Å². The summed E-state index contributed by atoms with van der Waals surface area (Å²) in [5, 5.41) is 9.38. The van der Waals surface area contributed by atoms with Crippen molar-refractivity contribution in [3.63, 3.8) is 0 Å². The fraction of sp³-hybridized carbons (Fsp3) is 0.533. The highest BCUT2D eigenvalue weighted by Gasteiger charge is 2.44. The number of thioether (sulfide) groups is 1. The van der Waals surface area contributed by atoms with Crippen molar-refractivity contribution in [2.24, 2.45) is 5.41 Å². The van der Waals surface area contributed by atoms with E-state index in [1.165, 1.54) is 7.11 Å². The molecule has 0 unspecified atom stereocenters. The van der Waals surface area contributed by atoms with E-state index in [-0.39, 0.29) is 18.0 Å². The number of esters is 1. The molecule has 3 nitrogen and oxygen atoms in total. The number of carbonyl (C=O) groups is 1. The molecule has 0 heterocycles. The fourth-order valence-electron chi connectivity index (χ4n) is 2.13. The molecule has 1 aromatic rings.